The van der Waals surface area contributed by atoms with Crippen LogP contribution in [0.2, 0.25) is 5.02 Å². The molecule has 0 saturated carbocycles. The number of hydrogen-bond acceptors (Lipinski definition) is 7. The summed E-state index contributed by atoms with van der Waals surface area (Å²) in [6.45, 7) is 0.738. The number of nitrogens with one attached hydrogen (secondary N) is 2. The Morgan fingerprint density at radius 1 is 1.32 bits per heavy atom. The molecule has 31 heavy (non-hydrogen) atoms. The normalized spacial score (nSPS) is 16.5. The summed E-state index contributed by atoms with van der Waals surface area (Å²) >= 11 is 6.09. The van der Waals surface area contributed by atoms with Gasteiger partial charge >= 0.3 is 0 Å². The Bertz CT molecular complexity index is 1190. The number of benzene rings is 1. The molecule has 1 fully saturated rings. The van der Waals surface area contributed by atoms with Gasteiger partial charge in [0.05, 0.1) is 11.7 Å². The first-order chi connectivity index (χ1) is 15.0. The van der Waals surface area contributed by atoms with Gasteiger partial charge in [-0.15, -0.1) is 15.3 Å². The molecule has 2 N–H and O–H groups in total. The predicted molar refractivity (Wildman–Crippen MR) is 120 cm³/mol. The average molecular weight is 440 g/mol. The van der Waals surface area contributed by atoms with Gasteiger partial charge in [0.25, 0.3) is 0 Å². The molecule has 1 atom stereocenters. The molecule has 11 heteroatoms. The summed E-state index contributed by atoms with van der Waals surface area (Å²) in [6.07, 6.45) is 3.28. The summed E-state index contributed by atoms with van der Waals surface area (Å²) in [7, 11) is 3.65. The molecule has 10 nitrogen and oxygen atoms in total. The fraction of sp³-hybridized carbons (Fsp3) is 0.300. The van der Waals surface area contributed by atoms with Crippen LogP contribution in [0.1, 0.15) is 12.8 Å². The molecule has 2 aromatic heterocycles. The maximum atomic E-state index is 11.7. The maximum Gasteiger partial charge on any atom is 0.248 e. The van der Waals surface area contributed by atoms with E-state index in [9.17, 15) is 4.79 Å². The quantitative estimate of drug-likeness (QED) is 0.273. The average Bonchev–Trinajstić information content (AvgIpc) is 3.38. The van der Waals surface area contributed by atoms with E-state index in [-0.39, 0.29) is 11.6 Å². The Morgan fingerprint density at radius 2 is 2.16 bits per heavy atom. The van der Waals surface area contributed by atoms with Gasteiger partial charge in [-0.05, 0) is 37.1 Å². The van der Waals surface area contributed by atoms with Crippen molar-refractivity contribution in [3.05, 3.63) is 58.0 Å². The molecule has 160 valence electrons. The highest BCUT2D eigenvalue weighted by Crippen LogP contribution is 2.28. The Balaban J connectivity index is 1.64. The molecule has 0 radical (unpaired) electrons. The minimum Gasteiger partial charge on any atom is -0.330 e. The van der Waals surface area contributed by atoms with Crippen molar-refractivity contribution >= 4 is 29.1 Å². The van der Waals surface area contributed by atoms with E-state index in [1.807, 2.05) is 28.6 Å². The van der Waals surface area contributed by atoms with Crippen LogP contribution in [-0.2, 0) is 7.05 Å². The number of amidine groups is 1. The summed E-state index contributed by atoms with van der Waals surface area (Å²) in [5.41, 5.74) is 9.01. The molecule has 0 spiro atoms. The second-order valence-electron chi connectivity index (χ2n) is 7.25. The molecule has 1 aliphatic rings. The van der Waals surface area contributed by atoms with Gasteiger partial charge in [0.1, 0.15) is 0 Å². The molecule has 0 unspecified atom stereocenters. The summed E-state index contributed by atoms with van der Waals surface area (Å²) in [4.78, 5) is 16.3. The lowest BCUT2D eigenvalue weighted by atomic mass is 10.2. The van der Waals surface area contributed by atoms with E-state index in [0.717, 1.165) is 25.1 Å². The molecule has 0 bridgehead atoms. The van der Waals surface area contributed by atoms with Gasteiger partial charge in [-0.1, -0.05) is 17.7 Å². The standard InChI is InChI=1S/C20H22ClN9O/c1-28-19(13-8-9-23-17(31)11-13)25-26-20(28)30-10-4-7-16(30)18(24-22)27-29(2)15-6-3-5-14(21)12-15/h3,5-6,8-9,11-12,16,22H,4,7,10H2,1-2H3,(H,23,31)/b24-22?,27-18-/t16-/m1/s1. The Hall–Kier alpha value is -3.53. The number of rotatable bonds is 5. The van der Waals surface area contributed by atoms with Crippen LogP contribution in [0.3, 0.4) is 0 Å². The van der Waals surface area contributed by atoms with E-state index >= 15 is 0 Å². The second kappa shape index (κ2) is 8.68. The van der Waals surface area contributed by atoms with Crippen LogP contribution in [0.15, 0.2) is 57.6 Å². The van der Waals surface area contributed by atoms with E-state index in [1.165, 1.54) is 6.07 Å². The Labute approximate surface area is 183 Å². The van der Waals surface area contributed by atoms with Crippen molar-refractivity contribution in [3.63, 3.8) is 0 Å². The number of nitrogens with zero attached hydrogens (tertiary/aromatic N) is 7. The van der Waals surface area contributed by atoms with Crippen molar-refractivity contribution in [1.29, 1.82) is 5.53 Å². The number of anilines is 2. The molecular formula is C20H22ClN9O. The minimum absolute atomic E-state index is 0.201. The van der Waals surface area contributed by atoms with Crippen LogP contribution < -0.4 is 15.5 Å². The van der Waals surface area contributed by atoms with Gasteiger partial charge in [0.15, 0.2) is 11.7 Å². The predicted octanol–water partition coefficient (Wildman–Crippen LogP) is 3.27. The lowest BCUT2D eigenvalue weighted by Gasteiger charge is -2.25. The van der Waals surface area contributed by atoms with Crippen molar-refractivity contribution in [3.8, 4) is 11.4 Å². The second-order valence-corrected chi connectivity index (χ2v) is 7.69. The van der Waals surface area contributed by atoms with Crippen molar-refractivity contribution in [1.82, 2.24) is 19.7 Å². The van der Waals surface area contributed by atoms with Crippen molar-refractivity contribution in [2.24, 2.45) is 17.3 Å². The summed E-state index contributed by atoms with van der Waals surface area (Å²) < 4.78 is 1.84. The molecule has 1 saturated heterocycles. The third kappa shape index (κ3) is 4.19. The number of hydrazone groups is 1. The first-order valence-electron chi connectivity index (χ1n) is 9.78. The van der Waals surface area contributed by atoms with Crippen molar-refractivity contribution in [2.75, 3.05) is 23.5 Å². The summed E-state index contributed by atoms with van der Waals surface area (Å²) in [5, 5.41) is 19.2. The summed E-state index contributed by atoms with van der Waals surface area (Å²) in [5.74, 6) is 1.60. The lowest BCUT2D eigenvalue weighted by molar-refractivity contribution is 0.761. The van der Waals surface area contributed by atoms with Crippen LogP contribution >= 0.6 is 11.6 Å². The molecule has 3 heterocycles. The van der Waals surface area contributed by atoms with Gasteiger partial charge in [0, 0.05) is 43.5 Å². The van der Waals surface area contributed by atoms with Crippen LogP contribution in [0, 0.1) is 5.53 Å². The van der Waals surface area contributed by atoms with Crippen molar-refractivity contribution in [2.45, 2.75) is 18.9 Å². The molecule has 0 aliphatic carbocycles. The third-order valence-corrected chi connectivity index (χ3v) is 5.48. The number of pyridine rings is 1. The monoisotopic (exact) mass is 439 g/mol. The number of H-pyrrole nitrogens is 1. The van der Waals surface area contributed by atoms with Crippen LogP contribution in [-0.4, -0.2) is 45.2 Å². The molecule has 1 aromatic carbocycles. The number of aromatic nitrogens is 4. The zero-order chi connectivity index (χ0) is 22.0. The Morgan fingerprint density at radius 3 is 2.90 bits per heavy atom. The molecular weight excluding hydrogens is 418 g/mol. The summed E-state index contributed by atoms with van der Waals surface area (Å²) in [6, 6.07) is 10.4. The third-order valence-electron chi connectivity index (χ3n) is 5.24. The van der Waals surface area contributed by atoms with Gasteiger partial charge in [0.2, 0.25) is 11.5 Å². The zero-order valence-electron chi connectivity index (χ0n) is 17.2. The largest absolute Gasteiger partial charge is 0.330 e. The van der Waals surface area contributed by atoms with E-state index in [2.05, 4.69) is 25.4 Å². The van der Waals surface area contributed by atoms with Gasteiger partial charge in [-0.25, -0.2) is 5.53 Å². The highest BCUT2D eigenvalue weighted by Gasteiger charge is 2.33. The van der Waals surface area contributed by atoms with Gasteiger partial charge in [-0.3, -0.25) is 14.4 Å². The van der Waals surface area contributed by atoms with E-state index < -0.39 is 0 Å². The van der Waals surface area contributed by atoms with Gasteiger partial charge in [-0.2, -0.15) is 5.10 Å². The SMILES string of the molecule is CN(/N=C(\N=N)[C@H]1CCCN1c1nnc(-c2cc[nH]c(=O)c2)n1C)c1cccc(Cl)c1. The molecule has 4 rings (SSSR count). The fourth-order valence-corrected chi connectivity index (χ4v) is 3.92. The molecule has 0 amide bonds. The smallest absolute Gasteiger partial charge is 0.248 e. The zero-order valence-corrected chi connectivity index (χ0v) is 17.9. The number of aromatic amines is 1. The van der Waals surface area contributed by atoms with Crippen LogP contribution in [0.4, 0.5) is 11.6 Å². The minimum atomic E-state index is -0.214. The maximum absolute atomic E-state index is 11.7. The van der Waals surface area contributed by atoms with E-state index in [4.69, 9.17) is 17.1 Å². The number of hydrogen-bond donors (Lipinski definition) is 2. The van der Waals surface area contributed by atoms with Crippen LogP contribution in [0.5, 0.6) is 0 Å². The highest BCUT2D eigenvalue weighted by molar-refractivity contribution is 6.30. The highest BCUT2D eigenvalue weighted by atomic mass is 35.5. The lowest BCUT2D eigenvalue weighted by Crippen LogP contribution is -2.38. The number of halogens is 1. The fourth-order valence-electron chi connectivity index (χ4n) is 3.73. The molecule has 3 aromatic rings. The first kappa shape index (κ1) is 20.7. The van der Waals surface area contributed by atoms with Crippen molar-refractivity contribution < 1.29 is 0 Å². The molecule has 1 aliphatic heterocycles. The van der Waals surface area contributed by atoms with Gasteiger partial charge < -0.3 is 9.88 Å². The van der Waals surface area contributed by atoms with E-state index in [1.54, 1.807) is 36.5 Å². The Kier molecular flexibility index (Phi) is 5.81. The first-order valence-corrected chi connectivity index (χ1v) is 10.2. The van der Waals surface area contributed by atoms with E-state index in [0.29, 0.717) is 28.2 Å². The topological polar surface area (TPSA) is 119 Å². The van der Waals surface area contributed by atoms with Crippen LogP contribution in [0.25, 0.3) is 11.4 Å².